The van der Waals surface area contributed by atoms with Gasteiger partial charge in [0.2, 0.25) is 0 Å². The molecular weight excluding hydrogens is 234 g/mol. The summed E-state index contributed by atoms with van der Waals surface area (Å²) in [6.45, 7) is 6.17. The summed E-state index contributed by atoms with van der Waals surface area (Å²) in [5.41, 5.74) is 6.65. The predicted molar refractivity (Wildman–Crippen MR) is 77.7 cm³/mol. The minimum atomic E-state index is -0.718. The molecule has 0 aromatic heterocycles. The molecule has 2 rings (SSSR count). The zero-order valence-corrected chi connectivity index (χ0v) is 11.8. The zero-order valence-electron chi connectivity index (χ0n) is 11.8. The normalized spacial score (nSPS) is 24.6. The Balaban J connectivity index is 1.94. The Morgan fingerprint density at radius 3 is 2.79 bits per heavy atom. The second-order valence-corrected chi connectivity index (χ2v) is 5.97. The fourth-order valence-electron chi connectivity index (χ4n) is 2.97. The molecule has 1 aromatic rings. The second kappa shape index (κ2) is 5.73. The fourth-order valence-corrected chi connectivity index (χ4v) is 2.97. The van der Waals surface area contributed by atoms with E-state index in [0.717, 1.165) is 19.5 Å². The molecule has 0 aliphatic carbocycles. The van der Waals surface area contributed by atoms with Gasteiger partial charge >= 0.3 is 0 Å². The van der Waals surface area contributed by atoms with Gasteiger partial charge < -0.3 is 5.73 Å². The molecule has 3 heteroatoms. The number of hydrogen-bond donors (Lipinski definition) is 1. The Bertz CT molecular complexity index is 447. The molecule has 3 atom stereocenters. The summed E-state index contributed by atoms with van der Waals surface area (Å²) in [6, 6.07) is 13.2. The number of rotatable bonds is 4. The maximum Gasteiger partial charge on any atom is 0.102 e. The third-order valence-electron chi connectivity index (χ3n) is 4.09. The molecule has 3 unspecified atom stereocenters. The van der Waals surface area contributed by atoms with Crippen LogP contribution >= 0.6 is 0 Å². The molecule has 3 nitrogen and oxygen atoms in total. The van der Waals surface area contributed by atoms with Crippen LogP contribution in [0.2, 0.25) is 0 Å². The molecule has 19 heavy (non-hydrogen) atoms. The topological polar surface area (TPSA) is 53.1 Å². The van der Waals surface area contributed by atoms with E-state index in [1.54, 1.807) is 0 Å². The summed E-state index contributed by atoms with van der Waals surface area (Å²) in [5.74, 6) is 0.620. The van der Waals surface area contributed by atoms with Crippen LogP contribution in [-0.4, -0.2) is 29.6 Å². The van der Waals surface area contributed by atoms with Crippen LogP contribution in [0, 0.1) is 11.3 Å². The summed E-state index contributed by atoms with van der Waals surface area (Å²) in [7, 11) is 0. The molecule has 0 radical (unpaired) electrons. The number of hydrogen-bond acceptors (Lipinski definition) is 3. The molecule has 0 spiro atoms. The lowest BCUT2D eigenvalue weighted by molar-refractivity contribution is 0.224. The van der Waals surface area contributed by atoms with Gasteiger partial charge in [0.25, 0.3) is 0 Å². The zero-order chi connectivity index (χ0) is 13.9. The molecule has 0 amide bonds. The van der Waals surface area contributed by atoms with Crippen molar-refractivity contribution < 1.29 is 0 Å². The summed E-state index contributed by atoms with van der Waals surface area (Å²) >= 11 is 0. The van der Waals surface area contributed by atoms with Gasteiger partial charge in [0.15, 0.2) is 0 Å². The summed E-state index contributed by atoms with van der Waals surface area (Å²) in [5, 5.41) is 9.02. The van der Waals surface area contributed by atoms with E-state index >= 15 is 0 Å². The van der Waals surface area contributed by atoms with E-state index in [0.29, 0.717) is 12.0 Å². The lowest BCUT2D eigenvalue weighted by Gasteiger charge is -2.28. The van der Waals surface area contributed by atoms with Crippen LogP contribution in [0.5, 0.6) is 0 Å². The summed E-state index contributed by atoms with van der Waals surface area (Å²) < 4.78 is 0. The molecule has 1 heterocycles. The maximum absolute atomic E-state index is 9.02. The van der Waals surface area contributed by atoms with E-state index < -0.39 is 5.54 Å². The van der Waals surface area contributed by atoms with Gasteiger partial charge in [-0.25, -0.2) is 0 Å². The first-order chi connectivity index (χ1) is 9.02. The van der Waals surface area contributed by atoms with Crippen LogP contribution < -0.4 is 5.73 Å². The van der Waals surface area contributed by atoms with E-state index in [4.69, 9.17) is 11.0 Å². The Labute approximate surface area is 116 Å². The number of benzene rings is 1. The van der Waals surface area contributed by atoms with Crippen molar-refractivity contribution in [3.8, 4) is 6.07 Å². The Hall–Kier alpha value is -1.37. The Morgan fingerprint density at radius 1 is 1.47 bits per heavy atom. The smallest absolute Gasteiger partial charge is 0.102 e. The summed E-state index contributed by atoms with van der Waals surface area (Å²) in [4.78, 5) is 2.46. The van der Waals surface area contributed by atoms with Crippen LogP contribution in [0.1, 0.15) is 38.2 Å². The van der Waals surface area contributed by atoms with Crippen molar-refractivity contribution in [2.75, 3.05) is 13.1 Å². The molecular formula is C16H23N3. The highest BCUT2D eigenvalue weighted by Crippen LogP contribution is 2.29. The molecule has 1 aliphatic rings. The van der Waals surface area contributed by atoms with E-state index in [1.165, 1.54) is 12.0 Å². The molecule has 1 aliphatic heterocycles. The predicted octanol–water partition coefficient (Wildman–Crippen LogP) is 2.50. The molecule has 1 saturated heterocycles. The van der Waals surface area contributed by atoms with E-state index in [9.17, 15) is 0 Å². The largest absolute Gasteiger partial charge is 0.314 e. The highest BCUT2D eigenvalue weighted by molar-refractivity contribution is 5.21. The lowest BCUT2D eigenvalue weighted by Crippen LogP contribution is -2.43. The quantitative estimate of drug-likeness (QED) is 0.901. The Morgan fingerprint density at radius 2 is 2.16 bits per heavy atom. The highest BCUT2D eigenvalue weighted by Gasteiger charge is 2.30. The third-order valence-corrected chi connectivity index (χ3v) is 4.09. The first-order valence-electron chi connectivity index (χ1n) is 7.01. The van der Waals surface area contributed by atoms with Crippen LogP contribution in [0.15, 0.2) is 30.3 Å². The van der Waals surface area contributed by atoms with E-state index in [2.05, 4.69) is 48.2 Å². The Kier molecular flexibility index (Phi) is 4.24. The highest BCUT2D eigenvalue weighted by atomic mass is 15.2. The van der Waals surface area contributed by atoms with Crippen LogP contribution in [0.25, 0.3) is 0 Å². The van der Waals surface area contributed by atoms with Gasteiger partial charge in [0.1, 0.15) is 5.54 Å². The SMILES string of the molecule is CC(CC(C)(N)C#N)N1CCC(c2ccccc2)C1. The summed E-state index contributed by atoms with van der Waals surface area (Å²) in [6.07, 6.45) is 1.92. The van der Waals surface area contributed by atoms with Gasteiger partial charge in [0, 0.05) is 12.6 Å². The van der Waals surface area contributed by atoms with Gasteiger partial charge in [-0.1, -0.05) is 30.3 Å². The maximum atomic E-state index is 9.02. The number of nitriles is 1. The van der Waals surface area contributed by atoms with Crippen molar-refractivity contribution >= 4 is 0 Å². The van der Waals surface area contributed by atoms with Gasteiger partial charge in [-0.15, -0.1) is 0 Å². The molecule has 1 fully saturated rings. The second-order valence-electron chi connectivity index (χ2n) is 5.97. The number of nitrogens with two attached hydrogens (primary N) is 1. The van der Waals surface area contributed by atoms with Crippen molar-refractivity contribution in [3.05, 3.63) is 35.9 Å². The molecule has 2 N–H and O–H groups in total. The third kappa shape index (κ3) is 3.56. The van der Waals surface area contributed by atoms with Crippen LogP contribution in [0.4, 0.5) is 0 Å². The minimum absolute atomic E-state index is 0.364. The van der Waals surface area contributed by atoms with Gasteiger partial charge in [-0.3, -0.25) is 4.90 Å². The van der Waals surface area contributed by atoms with Gasteiger partial charge in [-0.2, -0.15) is 5.26 Å². The number of nitrogens with zero attached hydrogens (tertiary/aromatic N) is 2. The standard InChI is InChI=1S/C16H23N3/c1-13(10-16(2,18)12-17)19-9-8-15(11-19)14-6-4-3-5-7-14/h3-7,13,15H,8-11,18H2,1-2H3. The monoisotopic (exact) mass is 257 g/mol. The van der Waals surface area contributed by atoms with Gasteiger partial charge in [-0.05, 0) is 44.7 Å². The van der Waals surface area contributed by atoms with Crippen molar-refractivity contribution in [1.29, 1.82) is 5.26 Å². The molecule has 1 aromatic carbocycles. The van der Waals surface area contributed by atoms with E-state index in [1.807, 2.05) is 6.92 Å². The molecule has 102 valence electrons. The average molecular weight is 257 g/mol. The first-order valence-corrected chi connectivity index (χ1v) is 7.01. The van der Waals surface area contributed by atoms with Crippen molar-refractivity contribution in [3.63, 3.8) is 0 Å². The van der Waals surface area contributed by atoms with Crippen LogP contribution in [0.3, 0.4) is 0 Å². The minimum Gasteiger partial charge on any atom is -0.314 e. The van der Waals surface area contributed by atoms with Crippen molar-refractivity contribution in [2.45, 2.75) is 44.2 Å². The van der Waals surface area contributed by atoms with Gasteiger partial charge in [0.05, 0.1) is 6.07 Å². The average Bonchev–Trinajstić information content (AvgIpc) is 2.89. The lowest BCUT2D eigenvalue weighted by atomic mass is 9.95. The van der Waals surface area contributed by atoms with E-state index in [-0.39, 0.29) is 0 Å². The van der Waals surface area contributed by atoms with Crippen molar-refractivity contribution in [2.24, 2.45) is 5.73 Å². The molecule has 0 bridgehead atoms. The van der Waals surface area contributed by atoms with Crippen molar-refractivity contribution in [1.82, 2.24) is 4.90 Å². The number of likely N-dealkylation sites (tertiary alicyclic amines) is 1. The fraction of sp³-hybridized carbons (Fsp3) is 0.562. The molecule has 0 saturated carbocycles. The first kappa shape index (κ1) is 14.0. The van der Waals surface area contributed by atoms with Crippen LogP contribution in [-0.2, 0) is 0 Å².